The molecular weight excluding hydrogens is 288 g/mol. The molecule has 0 bridgehead atoms. The van der Waals surface area contributed by atoms with Gasteiger partial charge in [-0.15, -0.1) is 0 Å². The second kappa shape index (κ2) is 5.97. The molecule has 0 aliphatic carbocycles. The lowest BCUT2D eigenvalue weighted by Gasteiger charge is -2.36. The molecule has 1 saturated heterocycles. The number of thioether (sulfide) groups is 1. The summed E-state index contributed by atoms with van der Waals surface area (Å²) in [5.41, 5.74) is 2.20. The number of fused-ring (bicyclic) bond motifs is 1. The van der Waals surface area contributed by atoms with Gasteiger partial charge in [-0.3, -0.25) is 4.79 Å². The Labute approximate surface area is 127 Å². The van der Waals surface area contributed by atoms with E-state index in [1.807, 2.05) is 24.3 Å². The van der Waals surface area contributed by atoms with Gasteiger partial charge in [0.15, 0.2) is 0 Å². The molecule has 112 valence electrons. The molecule has 3 rings (SSSR count). The van der Waals surface area contributed by atoms with Crippen LogP contribution < -0.4 is 5.32 Å². The third kappa shape index (κ3) is 2.85. The van der Waals surface area contributed by atoms with Gasteiger partial charge in [0.1, 0.15) is 6.04 Å². The quantitative estimate of drug-likeness (QED) is 0.862. The van der Waals surface area contributed by atoms with Crippen LogP contribution in [-0.4, -0.2) is 52.5 Å². The van der Waals surface area contributed by atoms with Crippen LogP contribution in [0.15, 0.2) is 24.3 Å². The molecule has 2 unspecified atom stereocenters. The maximum atomic E-state index is 12.7. The van der Waals surface area contributed by atoms with Crippen molar-refractivity contribution in [1.82, 2.24) is 4.90 Å². The first-order valence-electron chi connectivity index (χ1n) is 7.09. The van der Waals surface area contributed by atoms with Crippen molar-refractivity contribution in [3.05, 3.63) is 29.8 Å². The van der Waals surface area contributed by atoms with Crippen molar-refractivity contribution >= 4 is 29.3 Å². The number of rotatable bonds is 2. The van der Waals surface area contributed by atoms with Crippen LogP contribution in [0.5, 0.6) is 0 Å². The molecule has 5 nitrogen and oxygen atoms in total. The summed E-state index contributed by atoms with van der Waals surface area (Å²) in [6.07, 6.45) is 0.679. The molecule has 0 aromatic heterocycles. The fraction of sp³-hybridized carbons (Fsp3) is 0.467. The van der Waals surface area contributed by atoms with Crippen LogP contribution in [-0.2, 0) is 16.0 Å². The van der Waals surface area contributed by atoms with Crippen molar-refractivity contribution < 1.29 is 14.7 Å². The largest absolute Gasteiger partial charge is 0.480 e. The average Bonchev–Trinajstić information content (AvgIpc) is 2.53. The van der Waals surface area contributed by atoms with Gasteiger partial charge in [0.25, 0.3) is 0 Å². The summed E-state index contributed by atoms with van der Waals surface area (Å²) in [6.45, 7) is 1.10. The van der Waals surface area contributed by atoms with Crippen molar-refractivity contribution in [2.45, 2.75) is 12.5 Å². The molecular formula is C15H18N2O3S. The predicted octanol–water partition coefficient (Wildman–Crippen LogP) is 1.30. The number of hydrogen-bond donors (Lipinski definition) is 2. The number of benzene rings is 1. The molecule has 2 aliphatic rings. The molecule has 0 spiro atoms. The Morgan fingerprint density at radius 3 is 2.95 bits per heavy atom. The molecule has 1 aromatic rings. The number of carboxylic acid groups (broad SMARTS) is 1. The lowest BCUT2D eigenvalue weighted by Crippen LogP contribution is -2.53. The van der Waals surface area contributed by atoms with Gasteiger partial charge in [-0.1, -0.05) is 18.2 Å². The Balaban J connectivity index is 1.75. The fourth-order valence-electron chi connectivity index (χ4n) is 2.92. The highest BCUT2D eigenvalue weighted by Crippen LogP contribution is 2.27. The number of amides is 1. The molecule has 6 heteroatoms. The summed E-state index contributed by atoms with van der Waals surface area (Å²) >= 11 is 1.60. The second-order valence-corrected chi connectivity index (χ2v) is 6.55. The van der Waals surface area contributed by atoms with E-state index in [-0.39, 0.29) is 11.8 Å². The first-order chi connectivity index (χ1) is 10.2. The summed E-state index contributed by atoms with van der Waals surface area (Å²) in [5, 5.41) is 12.6. The van der Waals surface area contributed by atoms with Gasteiger partial charge in [-0.25, -0.2) is 4.79 Å². The van der Waals surface area contributed by atoms with Gasteiger partial charge in [-0.05, 0) is 18.1 Å². The van der Waals surface area contributed by atoms with Crippen LogP contribution in [0.1, 0.15) is 5.56 Å². The van der Waals surface area contributed by atoms with E-state index >= 15 is 0 Å². The summed E-state index contributed by atoms with van der Waals surface area (Å²) in [6, 6.07) is 7.27. The number of aliphatic carboxylic acids is 1. The molecule has 2 aliphatic heterocycles. The SMILES string of the molecule is O=C(O)C1CSCCN1C(=O)C1CNc2ccccc2C1. The van der Waals surface area contributed by atoms with Gasteiger partial charge in [0.2, 0.25) is 5.91 Å². The summed E-state index contributed by atoms with van der Waals surface area (Å²) in [5.74, 6) is 0.179. The van der Waals surface area contributed by atoms with Crippen LogP contribution in [0, 0.1) is 5.92 Å². The number of para-hydroxylation sites is 1. The monoisotopic (exact) mass is 306 g/mol. The summed E-state index contributed by atoms with van der Waals surface area (Å²) in [7, 11) is 0. The molecule has 0 radical (unpaired) electrons. The predicted molar refractivity (Wildman–Crippen MR) is 82.6 cm³/mol. The van der Waals surface area contributed by atoms with Crippen LogP contribution in [0.4, 0.5) is 5.69 Å². The third-order valence-corrected chi connectivity index (χ3v) is 5.09. The van der Waals surface area contributed by atoms with Crippen molar-refractivity contribution in [3.63, 3.8) is 0 Å². The van der Waals surface area contributed by atoms with Gasteiger partial charge in [0.05, 0.1) is 5.92 Å². The third-order valence-electron chi connectivity index (χ3n) is 4.07. The van der Waals surface area contributed by atoms with E-state index < -0.39 is 12.0 Å². The van der Waals surface area contributed by atoms with E-state index in [4.69, 9.17) is 0 Å². The Kier molecular flexibility index (Phi) is 4.05. The van der Waals surface area contributed by atoms with E-state index in [0.29, 0.717) is 25.3 Å². The number of anilines is 1. The number of carbonyl (C=O) groups is 2. The van der Waals surface area contributed by atoms with Gasteiger partial charge in [-0.2, -0.15) is 11.8 Å². The van der Waals surface area contributed by atoms with Gasteiger partial charge >= 0.3 is 5.97 Å². The highest BCUT2D eigenvalue weighted by atomic mass is 32.2. The lowest BCUT2D eigenvalue weighted by molar-refractivity contribution is -0.150. The first kappa shape index (κ1) is 14.3. The number of nitrogens with one attached hydrogen (secondary N) is 1. The Bertz CT molecular complexity index is 564. The number of carbonyl (C=O) groups excluding carboxylic acids is 1. The lowest BCUT2D eigenvalue weighted by atomic mass is 9.92. The first-order valence-corrected chi connectivity index (χ1v) is 8.25. The van der Waals surface area contributed by atoms with Crippen molar-refractivity contribution in [2.24, 2.45) is 5.92 Å². The molecule has 1 aromatic carbocycles. The van der Waals surface area contributed by atoms with E-state index in [1.165, 1.54) is 0 Å². The van der Waals surface area contributed by atoms with Gasteiger partial charge < -0.3 is 15.3 Å². The number of nitrogens with zero attached hydrogens (tertiary/aromatic N) is 1. The average molecular weight is 306 g/mol. The van der Waals surface area contributed by atoms with E-state index in [0.717, 1.165) is 17.0 Å². The smallest absolute Gasteiger partial charge is 0.327 e. The Morgan fingerprint density at radius 1 is 1.33 bits per heavy atom. The van der Waals surface area contributed by atoms with E-state index in [9.17, 15) is 14.7 Å². The standard InChI is InChI=1S/C15H18N2O3S/c18-14(17-5-6-21-9-13(17)15(19)20)11-7-10-3-1-2-4-12(10)16-8-11/h1-4,11,13,16H,5-9H2,(H,19,20). The molecule has 0 saturated carbocycles. The maximum Gasteiger partial charge on any atom is 0.327 e. The van der Waals surface area contributed by atoms with Crippen molar-refractivity contribution in [1.29, 1.82) is 0 Å². The normalized spacial score (nSPS) is 24.9. The second-order valence-electron chi connectivity index (χ2n) is 5.40. The van der Waals surface area contributed by atoms with E-state index in [1.54, 1.807) is 16.7 Å². The van der Waals surface area contributed by atoms with E-state index in [2.05, 4.69) is 5.32 Å². The fourth-order valence-corrected chi connectivity index (χ4v) is 3.96. The zero-order valence-corrected chi connectivity index (χ0v) is 12.4. The highest BCUT2D eigenvalue weighted by Gasteiger charge is 2.36. The highest BCUT2D eigenvalue weighted by molar-refractivity contribution is 7.99. The topological polar surface area (TPSA) is 69.6 Å². The summed E-state index contributed by atoms with van der Waals surface area (Å²) in [4.78, 5) is 25.6. The van der Waals surface area contributed by atoms with Crippen molar-refractivity contribution in [3.8, 4) is 0 Å². The molecule has 2 N–H and O–H groups in total. The Morgan fingerprint density at radius 2 is 2.14 bits per heavy atom. The maximum absolute atomic E-state index is 12.7. The number of hydrogen-bond acceptors (Lipinski definition) is 4. The molecule has 1 amide bonds. The minimum Gasteiger partial charge on any atom is -0.480 e. The molecule has 2 heterocycles. The minimum absolute atomic E-state index is 0.0373. The number of carboxylic acids is 1. The van der Waals surface area contributed by atoms with Crippen molar-refractivity contribution in [2.75, 3.05) is 29.9 Å². The Hall–Kier alpha value is -1.69. The summed E-state index contributed by atoms with van der Waals surface area (Å²) < 4.78 is 0. The zero-order chi connectivity index (χ0) is 14.8. The minimum atomic E-state index is -0.903. The van der Waals surface area contributed by atoms with Crippen LogP contribution >= 0.6 is 11.8 Å². The molecule has 1 fully saturated rings. The van der Waals surface area contributed by atoms with Crippen LogP contribution in [0.2, 0.25) is 0 Å². The molecule has 21 heavy (non-hydrogen) atoms. The zero-order valence-electron chi connectivity index (χ0n) is 11.6. The molecule has 2 atom stereocenters. The van der Waals surface area contributed by atoms with Gasteiger partial charge in [0, 0.05) is 30.3 Å². The van der Waals surface area contributed by atoms with Crippen LogP contribution in [0.25, 0.3) is 0 Å². The van der Waals surface area contributed by atoms with Crippen LogP contribution in [0.3, 0.4) is 0 Å².